The van der Waals surface area contributed by atoms with Crippen molar-refractivity contribution >= 4 is 40.8 Å². The number of furan rings is 1. The van der Waals surface area contributed by atoms with E-state index in [9.17, 15) is 4.79 Å². The Morgan fingerprint density at radius 1 is 1.35 bits per heavy atom. The van der Waals surface area contributed by atoms with Crippen LogP contribution >= 0.6 is 23.2 Å². The van der Waals surface area contributed by atoms with Crippen LogP contribution in [0.1, 0.15) is 23.0 Å². The molecule has 0 bridgehead atoms. The summed E-state index contributed by atoms with van der Waals surface area (Å²) in [7, 11) is 0. The monoisotopic (exact) mass is 397 g/mol. The van der Waals surface area contributed by atoms with Gasteiger partial charge >= 0.3 is 5.97 Å². The van der Waals surface area contributed by atoms with Gasteiger partial charge in [-0.3, -0.25) is 4.84 Å². The molecule has 0 saturated carbocycles. The average molecular weight is 398 g/mol. The molecule has 1 fully saturated rings. The molecular weight excluding hydrogens is 381 g/mol. The molecular formula is C17H17Cl2N3O4. The highest BCUT2D eigenvalue weighted by Crippen LogP contribution is 2.33. The molecule has 0 aliphatic carbocycles. The Morgan fingerprint density at radius 2 is 2.12 bits per heavy atom. The molecule has 0 atom stereocenters. The van der Waals surface area contributed by atoms with Crippen LogP contribution in [0, 0.1) is 0 Å². The third-order valence-corrected chi connectivity index (χ3v) is 4.19. The Labute approximate surface area is 160 Å². The molecule has 2 aromatic rings. The number of carbonyl (C=O) groups is 1. The Morgan fingerprint density at radius 3 is 2.85 bits per heavy atom. The van der Waals surface area contributed by atoms with Gasteiger partial charge < -0.3 is 14.5 Å². The highest BCUT2D eigenvalue weighted by molar-refractivity contribution is 6.38. The van der Waals surface area contributed by atoms with Crippen LogP contribution < -0.4 is 5.32 Å². The van der Waals surface area contributed by atoms with Gasteiger partial charge in [0.1, 0.15) is 23.6 Å². The molecule has 3 rings (SSSR count). The molecule has 1 aromatic carbocycles. The fourth-order valence-corrected chi connectivity index (χ4v) is 2.85. The number of nitrogens with one attached hydrogen (secondary N) is 1. The van der Waals surface area contributed by atoms with Crippen molar-refractivity contribution in [3.63, 3.8) is 0 Å². The fourth-order valence-electron chi connectivity index (χ4n) is 2.37. The minimum absolute atomic E-state index is 0.0537. The van der Waals surface area contributed by atoms with Crippen molar-refractivity contribution in [2.24, 2.45) is 4.99 Å². The molecule has 1 N–H and O–H groups in total. The van der Waals surface area contributed by atoms with Gasteiger partial charge in [-0.2, -0.15) is 0 Å². The van der Waals surface area contributed by atoms with E-state index in [1.807, 2.05) is 0 Å². The van der Waals surface area contributed by atoms with Crippen molar-refractivity contribution in [3.05, 3.63) is 51.9 Å². The van der Waals surface area contributed by atoms with Crippen LogP contribution in [0.15, 0.2) is 39.9 Å². The van der Waals surface area contributed by atoms with Crippen LogP contribution in [0.25, 0.3) is 0 Å². The van der Waals surface area contributed by atoms with E-state index in [-0.39, 0.29) is 13.2 Å². The summed E-state index contributed by atoms with van der Waals surface area (Å²) in [4.78, 5) is 22.1. The van der Waals surface area contributed by atoms with Gasteiger partial charge in [0.25, 0.3) is 0 Å². The van der Waals surface area contributed by atoms with E-state index in [0.717, 1.165) is 0 Å². The lowest BCUT2D eigenvalue weighted by atomic mass is 10.2. The van der Waals surface area contributed by atoms with Crippen molar-refractivity contribution in [2.45, 2.75) is 13.5 Å². The standard InChI is InChI=1S/C17H17Cl2N3O4/c1-2-24-16(23)11-6-9-25-14(11)10-26-22-8-7-20-17(22)21-15-12(18)4-3-5-13(15)19/h3-6,9H,2,7-8,10H2,1H3,(H,20,21). The minimum atomic E-state index is -0.448. The van der Waals surface area contributed by atoms with E-state index in [0.29, 0.717) is 46.1 Å². The van der Waals surface area contributed by atoms with Crippen molar-refractivity contribution in [3.8, 4) is 0 Å². The van der Waals surface area contributed by atoms with Crippen LogP contribution in [0.5, 0.6) is 0 Å². The van der Waals surface area contributed by atoms with Gasteiger partial charge in [-0.25, -0.2) is 14.9 Å². The van der Waals surface area contributed by atoms with E-state index < -0.39 is 5.97 Å². The molecule has 0 spiro atoms. The number of nitrogens with zero attached hydrogens (tertiary/aromatic N) is 2. The van der Waals surface area contributed by atoms with Gasteiger partial charge in [0.05, 0.1) is 29.5 Å². The number of guanidine groups is 1. The Hall–Kier alpha value is -2.22. The second-order valence-electron chi connectivity index (χ2n) is 5.29. The van der Waals surface area contributed by atoms with Gasteiger partial charge in [0.15, 0.2) is 0 Å². The molecule has 2 heterocycles. The van der Waals surface area contributed by atoms with Crippen LogP contribution in [-0.2, 0) is 16.2 Å². The molecule has 0 radical (unpaired) electrons. The Balaban J connectivity index is 1.72. The van der Waals surface area contributed by atoms with Crippen molar-refractivity contribution in [1.82, 2.24) is 10.4 Å². The van der Waals surface area contributed by atoms with Crippen LogP contribution in [0.3, 0.4) is 0 Å². The van der Waals surface area contributed by atoms with Crippen LogP contribution in [0.2, 0.25) is 10.0 Å². The summed E-state index contributed by atoms with van der Waals surface area (Å²) in [6.07, 6.45) is 1.42. The fraction of sp³-hybridized carbons (Fsp3) is 0.294. The summed E-state index contributed by atoms with van der Waals surface area (Å²) in [6, 6.07) is 6.72. The maximum absolute atomic E-state index is 11.9. The van der Waals surface area contributed by atoms with E-state index in [2.05, 4.69) is 10.3 Å². The molecule has 26 heavy (non-hydrogen) atoms. The molecule has 0 unspecified atom stereocenters. The summed E-state index contributed by atoms with van der Waals surface area (Å²) in [6.45, 7) is 3.29. The smallest absolute Gasteiger partial charge is 0.341 e. The summed E-state index contributed by atoms with van der Waals surface area (Å²) < 4.78 is 10.3. The minimum Gasteiger partial charge on any atom is -0.466 e. The topological polar surface area (TPSA) is 76.3 Å². The maximum atomic E-state index is 11.9. The highest BCUT2D eigenvalue weighted by atomic mass is 35.5. The summed E-state index contributed by atoms with van der Waals surface area (Å²) in [5.41, 5.74) is 0.797. The number of rotatable bonds is 6. The SMILES string of the molecule is CCOC(=O)c1ccoc1CON1CCN/C1=N\c1c(Cl)cccc1Cl. The first kappa shape index (κ1) is 18.6. The van der Waals surface area contributed by atoms with Crippen molar-refractivity contribution in [1.29, 1.82) is 0 Å². The lowest BCUT2D eigenvalue weighted by Gasteiger charge is -2.17. The van der Waals surface area contributed by atoms with E-state index >= 15 is 0 Å². The summed E-state index contributed by atoms with van der Waals surface area (Å²) in [5, 5.41) is 5.55. The largest absolute Gasteiger partial charge is 0.466 e. The predicted octanol–water partition coefficient (Wildman–Crippen LogP) is 3.79. The number of ether oxygens (including phenoxy) is 1. The second-order valence-corrected chi connectivity index (χ2v) is 6.10. The molecule has 9 heteroatoms. The Kier molecular flexibility index (Phi) is 6.03. The molecule has 7 nitrogen and oxygen atoms in total. The van der Waals surface area contributed by atoms with Gasteiger partial charge in [0, 0.05) is 6.54 Å². The number of halogens is 2. The zero-order chi connectivity index (χ0) is 18.5. The number of aliphatic imine (C=N–C) groups is 1. The molecule has 1 aliphatic rings. The lowest BCUT2D eigenvalue weighted by Crippen LogP contribution is -2.30. The van der Waals surface area contributed by atoms with Gasteiger partial charge in [0.2, 0.25) is 5.96 Å². The zero-order valence-electron chi connectivity index (χ0n) is 14.0. The van der Waals surface area contributed by atoms with E-state index in [1.165, 1.54) is 6.26 Å². The van der Waals surface area contributed by atoms with Crippen LogP contribution in [0.4, 0.5) is 5.69 Å². The summed E-state index contributed by atoms with van der Waals surface area (Å²) >= 11 is 12.3. The van der Waals surface area contributed by atoms with Crippen LogP contribution in [-0.4, -0.2) is 36.7 Å². The normalized spacial score (nSPS) is 15.3. The molecule has 1 aromatic heterocycles. The average Bonchev–Trinajstić information content (AvgIpc) is 3.25. The summed E-state index contributed by atoms with van der Waals surface area (Å²) in [5.74, 6) is 0.408. The number of benzene rings is 1. The van der Waals surface area contributed by atoms with Gasteiger partial charge in [-0.15, -0.1) is 0 Å². The lowest BCUT2D eigenvalue weighted by molar-refractivity contribution is -0.107. The van der Waals surface area contributed by atoms with E-state index in [1.54, 1.807) is 36.3 Å². The number of para-hydroxylation sites is 1. The predicted molar refractivity (Wildman–Crippen MR) is 97.7 cm³/mol. The number of hydroxylamine groups is 2. The second kappa shape index (κ2) is 8.44. The molecule has 1 saturated heterocycles. The first-order valence-electron chi connectivity index (χ1n) is 8.00. The molecule has 0 amide bonds. The Bertz CT molecular complexity index is 802. The first-order chi connectivity index (χ1) is 12.6. The number of hydrogen-bond donors (Lipinski definition) is 1. The number of hydrogen-bond acceptors (Lipinski definition) is 5. The maximum Gasteiger partial charge on any atom is 0.341 e. The van der Waals surface area contributed by atoms with Gasteiger partial charge in [-0.05, 0) is 25.1 Å². The zero-order valence-corrected chi connectivity index (χ0v) is 15.5. The third kappa shape index (κ3) is 4.12. The highest BCUT2D eigenvalue weighted by Gasteiger charge is 2.23. The van der Waals surface area contributed by atoms with E-state index in [4.69, 9.17) is 37.2 Å². The third-order valence-electron chi connectivity index (χ3n) is 3.58. The van der Waals surface area contributed by atoms with Crippen molar-refractivity contribution < 1.29 is 18.8 Å². The first-order valence-corrected chi connectivity index (χ1v) is 8.76. The van der Waals surface area contributed by atoms with Gasteiger partial charge in [-0.1, -0.05) is 29.3 Å². The molecule has 138 valence electrons. The number of carbonyl (C=O) groups excluding carboxylic acids is 1. The quantitative estimate of drug-likeness (QED) is 0.747. The number of esters is 1. The molecule has 1 aliphatic heterocycles. The van der Waals surface area contributed by atoms with Crippen molar-refractivity contribution in [2.75, 3.05) is 19.7 Å².